The van der Waals surface area contributed by atoms with Crippen LogP contribution in [0.25, 0.3) is 0 Å². The topological polar surface area (TPSA) is 79.5 Å². The van der Waals surface area contributed by atoms with Gasteiger partial charge in [0, 0.05) is 5.69 Å². The van der Waals surface area contributed by atoms with Crippen molar-refractivity contribution < 1.29 is 14.3 Å². The lowest BCUT2D eigenvalue weighted by Gasteiger charge is -2.18. The first-order valence-corrected chi connectivity index (χ1v) is 8.78. The van der Waals surface area contributed by atoms with Crippen LogP contribution < -0.4 is 20.9 Å². The molecule has 0 aliphatic carbocycles. The summed E-state index contributed by atoms with van der Waals surface area (Å²) >= 11 is 0. The van der Waals surface area contributed by atoms with Gasteiger partial charge in [0.25, 0.3) is 0 Å². The van der Waals surface area contributed by atoms with Crippen molar-refractivity contribution in [2.75, 3.05) is 12.4 Å². The van der Waals surface area contributed by atoms with Crippen molar-refractivity contribution in [3.8, 4) is 5.75 Å². The van der Waals surface area contributed by atoms with Crippen molar-refractivity contribution in [2.45, 2.75) is 5.92 Å². The van der Waals surface area contributed by atoms with Crippen molar-refractivity contribution in [2.24, 2.45) is 0 Å². The smallest absolute Gasteiger partial charge is 0.337 e. The molecule has 3 aromatic rings. The summed E-state index contributed by atoms with van der Waals surface area (Å²) in [6.45, 7) is 0. The van der Waals surface area contributed by atoms with Gasteiger partial charge in [-0.25, -0.2) is 10.2 Å². The predicted octanol–water partition coefficient (Wildman–Crippen LogP) is 3.68. The molecule has 0 atom stereocenters. The molecule has 0 unspecified atom stereocenters. The van der Waals surface area contributed by atoms with Gasteiger partial charge in [0.15, 0.2) is 0 Å². The Balaban J connectivity index is 1.65. The van der Waals surface area contributed by atoms with Gasteiger partial charge in [-0.2, -0.15) is 0 Å². The zero-order valence-electron chi connectivity index (χ0n) is 15.4. The molecule has 142 valence electrons. The van der Waals surface area contributed by atoms with Gasteiger partial charge in [-0.05, 0) is 35.4 Å². The fourth-order valence-electron chi connectivity index (χ4n) is 2.81. The lowest BCUT2D eigenvalue weighted by atomic mass is 9.91. The number of carbonyl (C=O) groups is 2. The summed E-state index contributed by atoms with van der Waals surface area (Å²) in [4.78, 5) is 24.9. The zero-order valence-corrected chi connectivity index (χ0v) is 15.4. The largest absolute Gasteiger partial charge is 0.497 e. The molecule has 0 fully saturated rings. The fourth-order valence-corrected chi connectivity index (χ4v) is 2.81. The average Bonchev–Trinajstić information content (AvgIpc) is 2.74. The first kappa shape index (κ1) is 19.0. The average molecular weight is 375 g/mol. The number of methoxy groups -OCH3 is 1. The molecule has 0 spiro atoms. The summed E-state index contributed by atoms with van der Waals surface area (Å²) in [7, 11) is 1.57. The van der Waals surface area contributed by atoms with E-state index in [9.17, 15) is 9.59 Å². The molecular weight excluding hydrogens is 354 g/mol. The van der Waals surface area contributed by atoms with Crippen molar-refractivity contribution in [3.63, 3.8) is 0 Å². The predicted molar refractivity (Wildman–Crippen MR) is 108 cm³/mol. The van der Waals surface area contributed by atoms with Gasteiger partial charge in [-0.15, -0.1) is 0 Å². The van der Waals surface area contributed by atoms with Crippen LogP contribution in [0.3, 0.4) is 0 Å². The highest BCUT2D eigenvalue weighted by Crippen LogP contribution is 2.24. The quantitative estimate of drug-likeness (QED) is 0.595. The van der Waals surface area contributed by atoms with Crippen LogP contribution in [0.4, 0.5) is 10.5 Å². The molecule has 3 rings (SSSR count). The second-order valence-corrected chi connectivity index (χ2v) is 6.05. The maximum atomic E-state index is 12.8. The number of hydrogen-bond donors (Lipinski definition) is 3. The third-order valence-electron chi connectivity index (χ3n) is 4.18. The van der Waals surface area contributed by atoms with E-state index in [1.165, 1.54) is 0 Å². The molecule has 0 aliphatic heterocycles. The highest BCUT2D eigenvalue weighted by Gasteiger charge is 2.22. The van der Waals surface area contributed by atoms with Crippen LogP contribution in [0, 0.1) is 0 Å². The Labute approximate surface area is 163 Å². The van der Waals surface area contributed by atoms with E-state index in [2.05, 4.69) is 16.2 Å². The van der Waals surface area contributed by atoms with Crippen molar-refractivity contribution in [3.05, 3.63) is 96.1 Å². The molecule has 28 heavy (non-hydrogen) atoms. The maximum absolute atomic E-state index is 12.8. The molecule has 0 heterocycles. The lowest BCUT2D eigenvalue weighted by Crippen LogP contribution is -2.46. The third-order valence-corrected chi connectivity index (χ3v) is 4.18. The molecule has 6 nitrogen and oxygen atoms in total. The Bertz CT molecular complexity index is 873. The summed E-state index contributed by atoms with van der Waals surface area (Å²) in [5.41, 5.74) is 7.15. The SMILES string of the molecule is COc1ccc(NC(=O)NNC(=O)C(c2ccccc2)c2ccccc2)cc1. The van der Waals surface area contributed by atoms with Crippen LogP contribution in [0.1, 0.15) is 17.0 Å². The van der Waals surface area contributed by atoms with Gasteiger partial charge in [0.05, 0.1) is 13.0 Å². The van der Waals surface area contributed by atoms with Crippen LogP contribution >= 0.6 is 0 Å². The van der Waals surface area contributed by atoms with Gasteiger partial charge in [0.2, 0.25) is 5.91 Å². The van der Waals surface area contributed by atoms with Crippen LogP contribution in [-0.4, -0.2) is 19.0 Å². The summed E-state index contributed by atoms with van der Waals surface area (Å²) in [6, 6.07) is 25.2. The number of amides is 3. The van der Waals surface area contributed by atoms with E-state index in [-0.39, 0.29) is 5.91 Å². The van der Waals surface area contributed by atoms with Crippen LogP contribution in [0.5, 0.6) is 5.75 Å². The molecular formula is C22H21N3O3. The highest BCUT2D eigenvalue weighted by atomic mass is 16.5. The zero-order chi connectivity index (χ0) is 19.8. The standard InChI is InChI=1S/C22H21N3O3/c1-28-19-14-12-18(13-15-19)23-22(27)25-24-21(26)20(16-8-4-2-5-9-16)17-10-6-3-7-11-17/h2-15,20H,1H3,(H,24,26)(H2,23,25,27). The van der Waals surface area contributed by atoms with Crippen LogP contribution in [-0.2, 0) is 4.79 Å². The summed E-state index contributed by atoms with van der Waals surface area (Å²) in [5, 5.41) is 2.65. The monoisotopic (exact) mass is 375 g/mol. The minimum Gasteiger partial charge on any atom is -0.497 e. The number of anilines is 1. The van der Waals surface area contributed by atoms with E-state index in [0.29, 0.717) is 11.4 Å². The summed E-state index contributed by atoms with van der Waals surface area (Å²) in [5.74, 6) is -0.182. The van der Waals surface area contributed by atoms with Gasteiger partial charge < -0.3 is 10.1 Å². The molecule has 3 amide bonds. The third kappa shape index (κ3) is 4.88. The van der Waals surface area contributed by atoms with Crippen molar-refractivity contribution in [1.29, 1.82) is 0 Å². The fraction of sp³-hybridized carbons (Fsp3) is 0.0909. The number of rotatable bonds is 5. The Hall–Kier alpha value is -3.80. The molecule has 0 aliphatic rings. The van der Waals surface area contributed by atoms with Crippen molar-refractivity contribution in [1.82, 2.24) is 10.9 Å². The van der Waals surface area contributed by atoms with E-state index in [1.807, 2.05) is 60.7 Å². The van der Waals surface area contributed by atoms with Crippen LogP contribution in [0.15, 0.2) is 84.9 Å². The van der Waals surface area contributed by atoms with E-state index in [4.69, 9.17) is 4.74 Å². The molecule has 6 heteroatoms. The van der Waals surface area contributed by atoms with Crippen LogP contribution in [0.2, 0.25) is 0 Å². The Morgan fingerprint density at radius 3 is 1.79 bits per heavy atom. The Morgan fingerprint density at radius 1 is 0.750 bits per heavy atom. The first-order chi connectivity index (χ1) is 13.7. The number of carbonyl (C=O) groups excluding carboxylic acids is 2. The van der Waals surface area contributed by atoms with Crippen molar-refractivity contribution >= 4 is 17.6 Å². The van der Waals surface area contributed by atoms with Gasteiger partial charge in [-0.3, -0.25) is 10.2 Å². The van der Waals surface area contributed by atoms with Gasteiger partial charge in [-0.1, -0.05) is 60.7 Å². The molecule has 0 saturated carbocycles. The normalized spacial score (nSPS) is 10.2. The number of hydrazine groups is 1. The number of ether oxygens (including phenoxy) is 1. The Kier molecular flexibility index (Phi) is 6.25. The second kappa shape index (κ2) is 9.23. The minimum atomic E-state index is -0.543. The van der Waals surface area contributed by atoms with E-state index in [1.54, 1.807) is 31.4 Å². The summed E-state index contributed by atoms with van der Waals surface area (Å²) in [6.07, 6.45) is 0. The summed E-state index contributed by atoms with van der Waals surface area (Å²) < 4.78 is 5.08. The van der Waals surface area contributed by atoms with Gasteiger partial charge in [0.1, 0.15) is 5.75 Å². The maximum Gasteiger partial charge on any atom is 0.337 e. The molecule has 3 aromatic carbocycles. The molecule has 0 bridgehead atoms. The number of nitrogens with one attached hydrogen (secondary N) is 3. The molecule has 3 N–H and O–H groups in total. The van der Waals surface area contributed by atoms with E-state index >= 15 is 0 Å². The van der Waals surface area contributed by atoms with E-state index < -0.39 is 11.9 Å². The molecule has 0 aromatic heterocycles. The number of hydrogen-bond acceptors (Lipinski definition) is 3. The minimum absolute atomic E-state index is 0.331. The second-order valence-electron chi connectivity index (χ2n) is 6.05. The molecule has 0 radical (unpaired) electrons. The first-order valence-electron chi connectivity index (χ1n) is 8.78. The number of urea groups is 1. The number of benzene rings is 3. The lowest BCUT2D eigenvalue weighted by molar-refractivity contribution is -0.122. The molecule has 0 saturated heterocycles. The highest BCUT2D eigenvalue weighted by molar-refractivity contribution is 5.93. The van der Waals surface area contributed by atoms with E-state index in [0.717, 1.165) is 11.1 Å². The Morgan fingerprint density at radius 2 is 1.29 bits per heavy atom. The van der Waals surface area contributed by atoms with Gasteiger partial charge >= 0.3 is 6.03 Å².